The average Bonchev–Trinajstić information content (AvgIpc) is 2.86. The number of aromatic nitrogens is 2. The van der Waals surface area contributed by atoms with E-state index in [-0.39, 0.29) is 0 Å². The first-order valence-electron chi connectivity index (χ1n) is 6.36. The fourth-order valence-electron chi connectivity index (χ4n) is 2.66. The van der Waals surface area contributed by atoms with Crippen LogP contribution in [0.25, 0.3) is 0 Å². The molecular weight excluding hydrogens is 232 g/mol. The third kappa shape index (κ3) is 2.13. The summed E-state index contributed by atoms with van der Waals surface area (Å²) in [6.45, 7) is 0. The molecule has 1 saturated heterocycles. The highest BCUT2D eigenvalue weighted by molar-refractivity contribution is 7.99. The number of nitrogens with one attached hydrogen (secondary N) is 1. The second kappa shape index (κ2) is 4.82. The number of anilines is 1. The Kier molecular flexibility index (Phi) is 3.20. The molecule has 1 aliphatic heterocycles. The molecule has 2 aliphatic rings. The van der Waals surface area contributed by atoms with E-state index in [1.165, 1.54) is 42.7 Å². The molecule has 0 amide bonds. The summed E-state index contributed by atoms with van der Waals surface area (Å²) in [4.78, 5) is 9.38. The van der Waals surface area contributed by atoms with Gasteiger partial charge in [0, 0.05) is 11.3 Å². The third-order valence-electron chi connectivity index (χ3n) is 3.55. The molecule has 1 aromatic rings. The van der Waals surface area contributed by atoms with E-state index < -0.39 is 0 Å². The van der Waals surface area contributed by atoms with Gasteiger partial charge < -0.3 is 5.43 Å². The molecule has 4 nitrogen and oxygen atoms in total. The minimum absolute atomic E-state index is 0.474. The highest BCUT2D eigenvalue weighted by Crippen LogP contribution is 2.38. The second-order valence-electron chi connectivity index (χ2n) is 4.71. The molecule has 3 N–H and O–H groups in total. The maximum absolute atomic E-state index is 5.57. The first-order valence-corrected chi connectivity index (χ1v) is 7.41. The van der Waals surface area contributed by atoms with Crippen LogP contribution in [-0.4, -0.2) is 15.7 Å². The van der Waals surface area contributed by atoms with E-state index in [0.717, 1.165) is 24.5 Å². The van der Waals surface area contributed by atoms with E-state index >= 15 is 0 Å². The van der Waals surface area contributed by atoms with Gasteiger partial charge in [-0.15, -0.1) is 0 Å². The van der Waals surface area contributed by atoms with Crippen LogP contribution < -0.4 is 11.3 Å². The minimum atomic E-state index is 0.474. The molecule has 1 atom stereocenters. The summed E-state index contributed by atoms with van der Waals surface area (Å²) in [5.74, 6) is 8.65. The lowest BCUT2D eigenvalue weighted by Crippen LogP contribution is -2.15. The minimum Gasteiger partial charge on any atom is -0.308 e. The number of fused-ring (bicyclic) bond motifs is 1. The van der Waals surface area contributed by atoms with Crippen molar-refractivity contribution in [2.24, 2.45) is 5.84 Å². The van der Waals surface area contributed by atoms with Gasteiger partial charge in [-0.25, -0.2) is 15.8 Å². The number of nitrogen functional groups attached to an aromatic ring is 1. The lowest BCUT2D eigenvalue weighted by Gasteiger charge is -2.21. The third-order valence-corrected chi connectivity index (χ3v) is 4.93. The number of nitrogens with zero attached hydrogens (tertiary/aromatic N) is 2. The maximum Gasteiger partial charge on any atom is 0.147 e. The molecule has 92 valence electrons. The lowest BCUT2D eigenvalue weighted by atomic mass is 10.1. The van der Waals surface area contributed by atoms with Crippen LogP contribution in [0.15, 0.2) is 0 Å². The van der Waals surface area contributed by atoms with Gasteiger partial charge in [0.25, 0.3) is 0 Å². The fourth-order valence-corrected chi connectivity index (χ4v) is 3.90. The van der Waals surface area contributed by atoms with Crippen molar-refractivity contribution in [3.05, 3.63) is 17.1 Å². The predicted octanol–water partition coefficient (Wildman–Crippen LogP) is 2.21. The Morgan fingerprint density at radius 3 is 2.88 bits per heavy atom. The van der Waals surface area contributed by atoms with Gasteiger partial charge in [-0.2, -0.15) is 11.8 Å². The molecule has 2 heterocycles. The van der Waals surface area contributed by atoms with Crippen LogP contribution in [0.5, 0.6) is 0 Å². The average molecular weight is 250 g/mol. The summed E-state index contributed by atoms with van der Waals surface area (Å²) in [5, 5.41) is 0.474. The summed E-state index contributed by atoms with van der Waals surface area (Å²) in [6.07, 6.45) is 7.15. The van der Waals surface area contributed by atoms with Crippen LogP contribution in [0.2, 0.25) is 0 Å². The van der Waals surface area contributed by atoms with Gasteiger partial charge in [-0.1, -0.05) is 6.42 Å². The van der Waals surface area contributed by atoms with Crippen molar-refractivity contribution < 1.29 is 0 Å². The largest absolute Gasteiger partial charge is 0.308 e. The van der Waals surface area contributed by atoms with Crippen molar-refractivity contribution in [1.82, 2.24) is 9.97 Å². The molecule has 0 radical (unpaired) electrons. The van der Waals surface area contributed by atoms with Gasteiger partial charge >= 0.3 is 0 Å². The van der Waals surface area contributed by atoms with Gasteiger partial charge in [-0.05, 0) is 37.9 Å². The summed E-state index contributed by atoms with van der Waals surface area (Å²) < 4.78 is 0. The predicted molar refractivity (Wildman–Crippen MR) is 70.9 cm³/mol. The zero-order valence-electron chi connectivity index (χ0n) is 9.91. The highest BCUT2D eigenvalue weighted by Gasteiger charge is 2.24. The van der Waals surface area contributed by atoms with Gasteiger partial charge in [0.15, 0.2) is 0 Å². The standard InChI is InChI=1S/C12H18N4S/c13-16-11-8-4-3-5-9(8)14-12(15-11)10-6-1-2-7-17-10/h10H,1-7,13H2,(H,14,15,16). The normalized spacial score (nSPS) is 23.5. The van der Waals surface area contributed by atoms with Crippen LogP contribution in [0.4, 0.5) is 5.82 Å². The van der Waals surface area contributed by atoms with Crippen LogP contribution >= 0.6 is 11.8 Å². The Bertz CT molecular complexity index is 415. The fraction of sp³-hybridized carbons (Fsp3) is 0.667. The Labute approximate surface area is 106 Å². The molecule has 0 spiro atoms. The highest BCUT2D eigenvalue weighted by atomic mass is 32.2. The molecule has 1 aromatic heterocycles. The topological polar surface area (TPSA) is 63.8 Å². The Hall–Kier alpha value is -0.810. The van der Waals surface area contributed by atoms with Crippen molar-refractivity contribution >= 4 is 17.6 Å². The van der Waals surface area contributed by atoms with Crippen molar-refractivity contribution in [2.75, 3.05) is 11.2 Å². The van der Waals surface area contributed by atoms with Crippen molar-refractivity contribution in [3.8, 4) is 0 Å². The first-order chi connectivity index (χ1) is 8.38. The SMILES string of the molecule is NNc1nc(C2CCCCS2)nc2c1CCC2. The monoisotopic (exact) mass is 250 g/mol. The number of hydrogen-bond donors (Lipinski definition) is 2. The number of thioether (sulfide) groups is 1. The summed E-state index contributed by atoms with van der Waals surface area (Å²) in [7, 11) is 0. The van der Waals surface area contributed by atoms with Crippen LogP contribution in [0.1, 0.15) is 48.0 Å². The molecule has 1 unspecified atom stereocenters. The van der Waals surface area contributed by atoms with Gasteiger partial charge in [-0.3, -0.25) is 0 Å². The summed E-state index contributed by atoms with van der Waals surface area (Å²) in [5.41, 5.74) is 5.20. The number of hydrazine groups is 1. The number of hydrogen-bond acceptors (Lipinski definition) is 5. The molecule has 3 rings (SSSR count). The summed E-state index contributed by atoms with van der Waals surface area (Å²) in [6, 6.07) is 0. The number of aryl methyl sites for hydroxylation is 1. The molecular formula is C12H18N4S. The van der Waals surface area contributed by atoms with Crippen molar-refractivity contribution in [1.29, 1.82) is 0 Å². The zero-order valence-corrected chi connectivity index (χ0v) is 10.7. The van der Waals surface area contributed by atoms with E-state index in [2.05, 4.69) is 10.4 Å². The van der Waals surface area contributed by atoms with Crippen molar-refractivity contribution in [2.45, 2.75) is 43.8 Å². The van der Waals surface area contributed by atoms with E-state index in [1.807, 2.05) is 11.8 Å². The smallest absolute Gasteiger partial charge is 0.147 e. The van der Waals surface area contributed by atoms with Gasteiger partial charge in [0.05, 0.1) is 5.25 Å². The molecule has 1 fully saturated rings. The first kappa shape index (κ1) is 11.3. The molecule has 5 heteroatoms. The lowest BCUT2D eigenvalue weighted by molar-refractivity contribution is 0.659. The van der Waals surface area contributed by atoms with Crippen molar-refractivity contribution in [3.63, 3.8) is 0 Å². The van der Waals surface area contributed by atoms with E-state index in [4.69, 9.17) is 10.8 Å². The molecule has 1 aliphatic carbocycles. The molecule has 0 saturated carbocycles. The molecule has 17 heavy (non-hydrogen) atoms. The quantitative estimate of drug-likeness (QED) is 0.622. The number of nitrogens with two attached hydrogens (primary N) is 1. The van der Waals surface area contributed by atoms with E-state index in [0.29, 0.717) is 5.25 Å². The van der Waals surface area contributed by atoms with E-state index in [1.54, 1.807) is 0 Å². The Morgan fingerprint density at radius 1 is 1.18 bits per heavy atom. The van der Waals surface area contributed by atoms with Crippen LogP contribution in [-0.2, 0) is 12.8 Å². The van der Waals surface area contributed by atoms with Crippen LogP contribution in [0, 0.1) is 0 Å². The maximum atomic E-state index is 5.57. The van der Waals surface area contributed by atoms with Crippen LogP contribution in [0.3, 0.4) is 0 Å². The molecule has 0 aromatic carbocycles. The van der Waals surface area contributed by atoms with Gasteiger partial charge in [0.2, 0.25) is 0 Å². The summed E-state index contributed by atoms with van der Waals surface area (Å²) >= 11 is 1.99. The number of rotatable bonds is 2. The Morgan fingerprint density at radius 2 is 2.12 bits per heavy atom. The zero-order chi connectivity index (χ0) is 11.7. The van der Waals surface area contributed by atoms with Gasteiger partial charge in [0.1, 0.15) is 11.6 Å². The van der Waals surface area contributed by atoms with E-state index in [9.17, 15) is 0 Å². The second-order valence-corrected chi connectivity index (χ2v) is 6.02. The Balaban J connectivity index is 1.94. The molecule has 0 bridgehead atoms.